The van der Waals surface area contributed by atoms with E-state index < -0.39 is 11.8 Å². The van der Waals surface area contributed by atoms with E-state index in [0.29, 0.717) is 29.0 Å². The second-order valence-corrected chi connectivity index (χ2v) is 9.77. The van der Waals surface area contributed by atoms with E-state index in [1.807, 2.05) is 67.7 Å². The van der Waals surface area contributed by atoms with Gasteiger partial charge in [-0.2, -0.15) is 10.4 Å². The predicted molar refractivity (Wildman–Crippen MR) is 156 cm³/mol. The van der Waals surface area contributed by atoms with Crippen molar-refractivity contribution in [2.75, 3.05) is 6.61 Å². The summed E-state index contributed by atoms with van der Waals surface area (Å²) in [6.07, 6.45) is 7.69. The third-order valence-electron chi connectivity index (χ3n) is 6.86. The quantitative estimate of drug-likeness (QED) is 0.205. The van der Waals surface area contributed by atoms with Crippen LogP contribution in [0.4, 0.5) is 0 Å². The summed E-state index contributed by atoms with van der Waals surface area (Å²) >= 11 is 0. The molecule has 8 nitrogen and oxygen atoms in total. The van der Waals surface area contributed by atoms with Gasteiger partial charge in [-0.15, -0.1) is 0 Å². The molecule has 0 N–H and O–H groups in total. The monoisotopic (exact) mass is 543 g/mol. The maximum atomic E-state index is 13.8. The van der Waals surface area contributed by atoms with E-state index in [2.05, 4.69) is 11.9 Å². The first-order valence-electron chi connectivity index (χ1n) is 13.4. The number of carbonyl (C=O) groups is 2. The number of aromatic nitrogens is 3. The van der Waals surface area contributed by atoms with Gasteiger partial charge in [-0.05, 0) is 79.4 Å². The standard InChI is InChI=1S/C33H29N5O3/c1-4-15-41-30-13-12-25(16-22(30)2)31-26(21-38(36-31)27-10-6-5-7-11-27)17-28-23(3)29(18-34)33(40)37(32(28)39)20-24-9-8-14-35-19-24/h5-14,16-17,19,21H,4,15,20H2,1-3H3/b28-17+. The Labute approximate surface area is 238 Å². The van der Waals surface area contributed by atoms with Crippen molar-refractivity contribution in [1.29, 1.82) is 5.26 Å². The van der Waals surface area contributed by atoms with Crippen LogP contribution in [0.2, 0.25) is 0 Å². The van der Waals surface area contributed by atoms with Crippen molar-refractivity contribution in [3.8, 4) is 28.8 Å². The van der Waals surface area contributed by atoms with Gasteiger partial charge in [-0.1, -0.05) is 31.2 Å². The SMILES string of the molecule is CCCOc1ccc(-c2nn(-c3ccccc3)cc2/C=C2/C(=O)N(Cc3cccnc3)C(=O)C(C#N)=C2C)cc1C. The summed E-state index contributed by atoms with van der Waals surface area (Å²) in [5.41, 5.74) is 5.21. The Morgan fingerprint density at radius 1 is 1.02 bits per heavy atom. The van der Waals surface area contributed by atoms with Gasteiger partial charge in [-0.25, -0.2) is 4.68 Å². The molecule has 0 spiro atoms. The number of pyridine rings is 1. The maximum absolute atomic E-state index is 13.8. The maximum Gasteiger partial charge on any atom is 0.271 e. The van der Waals surface area contributed by atoms with Crippen LogP contribution in [0.3, 0.4) is 0 Å². The molecule has 0 aliphatic carbocycles. The molecule has 2 aromatic heterocycles. The van der Waals surface area contributed by atoms with E-state index in [9.17, 15) is 14.9 Å². The molecule has 41 heavy (non-hydrogen) atoms. The van der Waals surface area contributed by atoms with Gasteiger partial charge >= 0.3 is 0 Å². The van der Waals surface area contributed by atoms with E-state index in [1.165, 1.54) is 0 Å². The predicted octanol–water partition coefficient (Wildman–Crippen LogP) is 5.82. The Morgan fingerprint density at radius 3 is 2.51 bits per heavy atom. The Bertz CT molecular complexity index is 1710. The van der Waals surface area contributed by atoms with Gasteiger partial charge in [0.25, 0.3) is 11.8 Å². The van der Waals surface area contributed by atoms with E-state index in [0.717, 1.165) is 33.9 Å². The smallest absolute Gasteiger partial charge is 0.271 e. The van der Waals surface area contributed by atoms with Crippen LogP contribution in [0.25, 0.3) is 23.0 Å². The summed E-state index contributed by atoms with van der Waals surface area (Å²) in [5.74, 6) is -0.287. The second-order valence-electron chi connectivity index (χ2n) is 9.77. The molecule has 8 heteroatoms. The molecule has 0 saturated heterocycles. The second kappa shape index (κ2) is 11.8. The zero-order chi connectivity index (χ0) is 28.9. The van der Waals surface area contributed by atoms with E-state index >= 15 is 0 Å². The third kappa shape index (κ3) is 5.56. The highest BCUT2D eigenvalue weighted by atomic mass is 16.5. The Balaban J connectivity index is 1.64. The molecular formula is C33H29N5O3. The largest absolute Gasteiger partial charge is 0.493 e. The first-order chi connectivity index (χ1) is 19.9. The van der Waals surface area contributed by atoms with Crippen molar-refractivity contribution in [1.82, 2.24) is 19.7 Å². The summed E-state index contributed by atoms with van der Waals surface area (Å²) < 4.78 is 7.62. The highest BCUT2D eigenvalue weighted by Crippen LogP contribution is 2.33. The van der Waals surface area contributed by atoms with Gasteiger partial charge < -0.3 is 4.74 Å². The van der Waals surface area contributed by atoms with Crippen molar-refractivity contribution >= 4 is 17.9 Å². The summed E-state index contributed by atoms with van der Waals surface area (Å²) in [6, 6.07) is 21.1. The molecule has 204 valence electrons. The number of hydrogen-bond acceptors (Lipinski definition) is 6. The lowest BCUT2D eigenvalue weighted by molar-refractivity contribution is -0.141. The molecular weight excluding hydrogens is 514 g/mol. The van der Waals surface area contributed by atoms with Crippen LogP contribution in [0.5, 0.6) is 5.75 Å². The lowest BCUT2D eigenvalue weighted by Gasteiger charge is -2.27. The molecule has 0 atom stereocenters. The number of benzene rings is 2. The molecule has 0 saturated carbocycles. The minimum atomic E-state index is -0.616. The van der Waals surface area contributed by atoms with Crippen molar-refractivity contribution in [3.05, 3.63) is 113 Å². The van der Waals surface area contributed by atoms with Gasteiger partial charge in [0.2, 0.25) is 0 Å². The number of carbonyl (C=O) groups excluding carboxylic acids is 2. The van der Waals surface area contributed by atoms with Crippen LogP contribution in [0, 0.1) is 18.3 Å². The highest BCUT2D eigenvalue weighted by molar-refractivity contribution is 6.19. The number of hydrogen-bond donors (Lipinski definition) is 0. The number of para-hydroxylation sites is 1. The fraction of sp³-hybridized carbons (Fsp3) is 0.182. The minimum Gasteiger partial charge on any atom is -0.493 e. The van der Waals surface area contributed by atoms with Gasteiger partial charge in [0, 0.05) is 35.3 Å². The molecule has 2 aromatic carbocycles. The van der Waals surface area contributed by atoms with E-state index in [-0.39, 0.29) is 17.7 Å². The Kier molecular flexibility index (Phi) is 7.88. The number of amides is 2. The van der Waals surface area contributed by atoms with Crippen molar-refractivity contribution in [2.24, 2.45) is 0 Å². The fourth-order valence-electron chi connectivity index (χ4n) is 4.70. The van der Waals surface area contributed by atoms with Crippen LogP contribution < -0.4 is 4.74 Å². The van der Waals surface area contributed by atoms with Gasteiger partial charge in [0.05, 0.1) is 24.5 Å². The molecule has 0 radical (unpaired) electrons. The number of nitriles is 1. The molecule has 3 heterocycles. The van der Waals surface area contributed by atoms with Crippen LogP contribution >= 0.6 is 0 Å². The molecule has 0 unspecified atom stereocenters. The van der Waals surface area contributed by atoms with Crippen molar-refractivity contribution in [2.45, 2.75) is 33.7 Å². The Hall–Kier alpha value is -5.29. The van der Waals surface area contributed by atoms with Gasteiger partial charge in [-0.3, -0.25) is 19.5 Å². The summed E-state index contributed by atoms with van der Waals surface area (Å²) in [7, 11) is 0. The average molecular weight is 544 g/mol. The molecule has 5 rings (SSSR count). The summed E-state index contributed by atoms with van der Waals surface area (Å²) in [5, 5.41) is 14.7. The molecule has 0 bridgehead atoms. The lowest BCUT2D eigenvalue weighted by atomic mass is 9.93. The zero-order valence-electron chi connectivity index (χ0n) is 23.2. The van der Waals surface area contributed by atoms with Gasteiger partial charge in [0.15, 0.2) is 0 Å². The number of ether oxygens (including phenoxy) is 1. The minimum absolute atomic E-state index is 0.00978. The molecule has 2 amide bonds. The van der Waals surface area contributed by atoms with E-state index in [4.69, 9.17) is 9.84 Å². The lowest BCUT2D eigenvalue weighted by Crippen LogP contribution is -2.42. The van der Waals surface area contributed by atoms with Crippen molar-refractivity contribution in [3.63, 3.8) is 0 Å². The first-order valence-corrected chi connectivity index (χ1v) is 13.4. The molecule has 1 aliphatic rings. The summed E-state index contributed by atoms with van der Waals surface area (Å²) in [4.78, 5) is 32.1. The van der Waals surface area contributed by atoms with Crippen molar-refractivity contribution < 1.29 is 14.3 Å². The number of nitrogens with zero attached hydrogens (tertiary/aromatic N) is 5. The Morgan fingerprint density at radius 2 is 1.83 bits per heavy atom. The van der Waals surface area contributed by atoms with Crippen LogP contribution in [0.1, 0.15) is 37.0 Å². The number of aryl methyl sites for hydroxylation is 1. The van der Waals surface area contributed by atoms with Crippen LogP contribution in [-0.4, -0.2) is 38.1 Å². The van der Waals surface area contributed by atoms with E-state index in [1.54, 1.807) is 42.2 Å². The first kappa shape index (κ1) is 27.3. The fourth-order valence-corrected chi connectivity index (χ4v) is 4.70. The van der Waals surface area contributed by atoms with Gasteiger partial charge in [0.1, 0.15) is 17.4 Å². The van der Waals surface area contributed by atoms with Crippen LogP contribution in [-0.2, 0) is 16.1 Å². The molecule has 0 fully saturated rings. The molecule has 4 aromatic rings. The topological polar surface area (TPSA) is 101 Å². The number of rotatable bonds is 8. The normalized spacial score (nSPS) is 14.5. The third-order valence-corrected chi connectivity index (χ3v) is 6.86. The average Bonchev–Trinajstić information content (AvgIpc) is 3.42. The number of imide groups is 1. The zero-order valence-corrected chi connectivity index (χ0v) is 23.2. The van der Waals surface area contributed by atoms with Crippen LogP contribution in [0.15, 0.2) is 96.0 Å². The summed E-state index contributed by atoms with van der Waals surface area (Å²) in [6.45, 7) is 6.32. The highest BCUT2D eigenvalue weighted by Gasteiger charge is 2.35. The molecule has 1 aliphatic heterocycles.